The van der Waals surface area contributed by atoms with E-state index in [2.05, 4.69) is 10.2 Å². The Morgan fingerprint density at radius 1 is 0.907 bits per heavy atom. The van der Waals surface area contributed by atoms with Crippen molar-refractivity contribution in [2.45, 2.75) is 22.7 Å². The molecule has 1 aromatic heterocycles. The minimum Gasteiger partial charge on any atom is -0.507 e. The zero-order valence-corrected chi connectivity index (χ0v) is 24.2. The highest BCUT2D eigenvalue weighted by Crippen LogP contribution is 2.44. The number of thioether (sulfide) groups is 1. The molecule has 10 heteroatoms. The smallest absolute Gasteiger partial charge is 0.301 e. The molecule has 1 aliphatic heterocycles. The molecule has 1 unspecified atom stereocenters. The Kier molecular flexibility index (Phi) is 8.30. The van der Waals surface area contributed by atoms with Gasteiger partial charge < -0.3 is 9.84 Å². The van der Waals surface area contributed by atoms with Crippen LogP contribution in [0.5, 0.6) is 5.75 Å². The number of anilines is 1. The number of aromatic nitrogens is 2. The average Bonchev–Trinajstić information content (AvgIpc) is 3.62. The fourth-order valence-electron chi connectivity index (χ4n) is 4.73. The van der Waals surface area contributed by atoms with Gasteiger partial charge in [0.15, 0.2) is 4.34 Å². The van der Waals surface area contributed by atoms with Crippen LogP contribution in [0.25, 0.3) is 5.76 Å². The van der Waals surface area contributed by atoms with Crippen molar-refractivity contribution in [1.29, 1.82) is 0 Å². The van der Waals surface area contributed by atoms with Gasteiger partial charge in [0.2, 0.25) is 5.13 Å². The number of rotatable bonds is 9. The summed E-state index contributed by atoms with van der Waals surface area (Å²) in [6, 6.07) is 30.9. The second kappa shape index (κ2) is 12.6. The van der Waals surface area contributed by atoms with Gasteiger partial charge in [-0.05, 0) is 34.9 Å². The number of ketones is 1. The molecule has 6 rings (SSSR count). The number of halogens is 1. The quantitative estimate of drug-likeness (QED) is 0.0623. The first-order chi connectivity index (χ1) is 21.0. The van der Waals surface area contributed by atoms with E-state index >= 15 is 0 Å². The summed E-state index contributed by atoms with van der Waals surface area (Å²) in [6.45, 7) is 0.327. The van der Waals surface area contributed by atoms with Crippen LogP contribution in [0.1, 0.15) is 28.3 Å². The summed E-state index contributed by atoms with van der Waals surface area (Å²) >= 11 is 2.39. The van der Waals surface area contributed by atoms with Crippen LogP contribution in [0.4, 0.5) is 9.52 Å². The summed E-state index contributed by atoms with van der Waals surface area (Å²) in [4.78, 5) is 28.3. The molecule has 1 fully saturated rings. The molecule has 2 heterocycles. The van der Waals surface area contributed by atoms with E-state index in [9.17, 15) is 19.1 Å². The summed E-state index contributed by atoms with van der Waals surface area (Å²) in [6.07, 6.45) is 0. The van der Waals surface area contributed by atoms with Crippen LogP contribution in [0.15, 0.2) is 119 Å². The minimum atomic E-state index is -0.988. The number of benzene rings is 4. The van der Waals surface area contributed by atoms with E-state index < -0.39 is 17.7 Å². The van der Waals surface area contributed by atoms with Gasteiger partial charge >= 0.3 is 5.91 Å². The van der Waals surface area contributed by atoms with E-state index in [-0.39, 0.29) is 22.3 Å². The fraction of sp³-hybridized carbons (Fsp3) is 0.0909. The maximum atomic E-state index is 14.1. The molecule has 0 bridgehead atoms. The summed E-state index contributed by atoms with van der Waals surface area (Å²) in [5.74, 6) is -1.43. The maximum absolute atomic E-state index is 14.1. The summed E-state index contributed by atoms with van der Waals surface area (Å²) in [5, 5.41) is 20.0. The van der Waals surface area contributed by atoms with Gasteiger partial charge in [-0.1, -0.05) is 114 Å². The van der Waals surface area contributed by atoms with Crippen molar-refractivity contribution in [3.8, 4) is 5.75 Å². The predicted octanol–water partition coefficient (Wildman–Crippen LogP) is 7.17. The van der Waals surface area contributed by atoms with Gasteiger partial charge in [-0.25, -0.2) is 4.39 Å². The van der Waals surface area contributed by atoms with Crippen molar-refractivity contribution in [1.82, 2.24) is 10.2 Å². The number of hydrogen-bond donors (Lipinski definition) is 1. The lowest BCUT2D eigenvalue weighted by atomic mass is 9.95. The van der Waals surface area contributed by atoms with Crippen LogP contribution in [0.3, 0.4) is 0 Å². The lowest BCUT2D eigenvalue weighted by Crippen LogP contribution is -2.29. The van der Waals surface area contributed by atoms with Gasteiger partial charge in [0, 0.05) is 11.3 Å². The van der Waals surface area contributed by atoms with E-state index in [4.69, 9.17) is 4.74 Å². The Balaban J connectivity index is 1.36. The average molecular weight is 610 g/mol. The standard InChI is InChI=1S/C33H24FN3O4S2/c34-26-17-8-7-14-24(26)20-42-33-36-35-32(43-33)37-28(27(30(39)31(37)40)29(38)22-12-5-2-6-13-22)23-15-9-16-25(18-23)41-19-21-10-3-1-4-11-21/h1-18,28,38H,19-20H2. The molecular formula is C33H24FN3O4S2. The lowest BCUT2D eigenvalue weighted by molar-refractivity contribution is -0.132. The molecule has 214 valence electrons. The number of nitrogens with zero attached hydrogens (tertiary/aromatic N) is 3. The zero-order chi connectivity index (χ0) is 29.8. The second-order valence-corrected chi connectivity index (χ2v) is 11.8. The van der Waals surface area contributed by atoms with Crippen molar-refractivity contribution < 1.29 is 23.8 Å². The number of ether oxygens (including phenoxy) is 1. The van der Waals surface area contributed by atoms with Gasteiger partial charge in [-0.2, -0.15) is 0 Å². The minimum absolute atomic E-state index is 0.0628. The first-order valence-electron chi connectivity index (χ1n) is 13.3. The molecular weight excluding hydrogens is 586 g/mol. The van der Waals surface area contributed by atoms with Gasteiger partial charge in [-0.3, -0.25) is 14.5 Å². The third-order valence-corrected chi connectivity index (χ3v) is 8.93. The third-order valence-electron chi connectivity index (χ3n) is 6.82. The number of aliphatic hydroxyl groups is 1. The molecule has 4 aromatic carbocycles. The van der Waals surface area contributed by atoms with Crippen LogP contribution in [-0.4, -0.2) is 27.0 Å². The van der Waals surface area contributed by atoms with E-state index in [1.165, 1.54) is 22.7 Å². The van der Waals surface area contributed by atoms with E-state index in [0.717, 1.165) is 16.9 Å². The molecule has 1 N–H and O–H groups in total. The van der Waals surface area contributed by atoms with E-state index in [0.29, 0.717) is 39.1 Å². The Labute approximate surface area is 255 Å². The monoisotopic (exact) mass is 609 g/mol. The van der Waals surface area contributed by atoms with Crippen molar-refractivity contribution in [2.24, 2.45) is 0 Å². The molecule has 1 saturated heterocycles. The number of carbonyl (C=O) groups excluding carboxylic acids is 2. The van der Waals surface area contributed by atoms with Gasteiger partial charge in [0.25, 0.3) is 5.78 Å². The largest absolute Gasteiger partial charge is 0.507 e. The number of amides is 1. The summed E-state index contributed by atoms with van der Waals surface area (Å²) in [5.41, 5.74) is 2.39. The third kappa shape index (κ3) is 6.06. The van der Waals surface area contributed by atoms with E-state index in [1.807, 2.05) is 30.3 Å². The number of aliphatic hydroxyl groups excluding tert-OH is 1. The number of carbonyl (C=O) groups is 2. The summed E-state index contributed by atoms with van der Waals surface area (Å²) in [7, 11) is 0. The van der Waals surface area contributed by atoms with Crippen LogP contribution in [0.2, 0.25) is 0 Å². The topological polar surface area (TPSA) is 92.6 Å². The van der Waals surface area contributed by atoms with Gasteiger partial charge in [0.05, 0.1) is 11.6 Å². The van der Waals surface area contributed by atoms with Crippen LogP contribution < -0.4 is 9.64 Å². The van der Waals surface area contributed by atoms with Crippen LogP contribution in [-0.2, 0) is 21.9 Å². The predicted molar refractivity (Wildman–Crippen MR) is 164 cm³/mol. The molecule has 0 saturated carbocycles. The first kappa shape index (κ1) is 28.3. The highest BCUT2D eigenvalue weighted by Gasteiger charge is 2.48. The van der Waals surface area contributed by atoms with Crippen molar-refractivity contribution in [2.75, 3.05) is 4.90 Å². The molecule has 1 atom stereocenters. The van der Waals surface area contributed by atoms with Crippen molar-refractivity contribution >= 4 is 45.7 Å². The molecule has 43 heavy (non-hydrogen) atoms. The zero-order valence-electron chi connectivity index (χ0n) is 22.6. The molecule has 0 aliphatic carbocycles. The summed E-state index contributed by atoms with van der Waals surface area (Å²) < 4.78 is 20.7. The van der Waals surface area contributed by atoms with Crippen molar-refractivity contribution in [3.63, 3.8) is 0 Å². The number of hydrogen-bond acceptors (Lipinski definition) is 8. The van der Waals surface area contributed by atoms with Gasteiger partial charge in [0.1, 0.15) is 23.9 Å². The Hall–Kier alpha value is -4.80. The SMILES string of the molecule is O=C1C(=O)N(c2nnc(SCc3ccccc3F)s2)C(c2cccc(OCc3ccccc3)c2)C1=C(O)c1ccccc1. The molecule has 0 spiro atoms. The van der Waals surface area contributed by atoms with Gasteiger partial charge in [-0.15, -0.1) is 10.2 Å². The normalized spacial score (nSPS) is 16.0. The molecule has 5 aromatic rings. The van der Waals surface area contributed by atoms with Crippen LogP contribution >= 0.6 is 23.1 Å². The van der Waals surface area contributed by atoms with Crippen molar-refractivity contribution in [3.05, 3.63) is 143 Å². The Morgan fingerprint density at radius 3 is 2.40 bits per heavy atom. The first-order valence-corrected chi connectivity index (χ1v) is 15.1. The lowest BCUT2D eigenvalue weighted by Gasteiger charge is -2.23. The Bertz CT molecular complexity index is 1810. The van der Waals surface area contributed by atoms with Crippen LogP contribution in [0, 0.1) is 5.82 Å². The molecule has 0 radical (unpaired) electrons. The Morgan fingerprint density at radius 2 is 1.63 bits per heavy atom. The molecule has 7 nitrogen and oxygen atoms in total. The molecule has 1 amide bonds. The highest BCUT2D eigenvalue weighted by molar-refractivity contribution is 8.00. The molecule has 1 aliphatic rings. The second-order valence-electron chi connectivity index (χ2n) is 9.61. The fourth-order valence-corrected chi connectivity index (χ4v) is 6.58. The highest BCUT2D eigenvalue weighted by atomic mass is 32.2. The van der Waals surface area contributed by atoms with E-state index in [1.54, 1.807) is 72.8 Å². The maximum Gasteiger partial charge on any atom is 0.301 e. The number of Topliss-reactive ketones (excluding diaryl/α,β-unsaturated/α-hetero) is 1.